The number of nitrogens with zero attached hydrogens (tertiary/aromatic N) is 1. The lowest BCUT2D eigenvalue weighted by molar-refractivity contribution is -0.161. The highest BCUT2D eigenvalue weighted by Gasteiger charge is 2.35. The van der Waals surface area contributed by atoms with Gasteiger partial charge in [0.25, 0.3) is 5.91 Å². The summed E-state index contributed by atoms with van der Waals surface area (Å²) < 4.78 is 5.48. The van der Waals surface area contributed by atoms with Crippen LogP contribution in [0.3, 0.4) is 0 Å². The third-order valence-corrected chi connectivity index (χ3v) is 4.27. The second kappa shape index (κ2) is 6.91. The molecule has 1 saturated heterocycles. The molecule has 0 bridgehead atoms. The van der Waals surface area contributed by atoms with Crippen LogP contribution in [-0.2, 0) is 9.53 Å². The third kappa shape index (κ3) is 4.47. The Morgan fingerprint density at radius 3 is 2.57 bits per heavy atom. The minimum Gasteiger partial charge on any atom is -0.458 e. The first-order valence-corrected chi connectivity index (χ1v) is 8.37. The molecular formula is C18H24ClNO3. The maximum atomic E-state index is 12.8. The lowest BCUT2D eigenvalue weighted by Gasteiger charge is -2.35. The summed E-state index contributed by atoms with van der Waals surface area (Å²) in [6.45, 7) is 7.94. The van der Waals surface area contributed by atoms with Crippen LogP contribution in [0, 0.1) is 6.92 Å². The van der Waals surface area contributed by atoms with Gasteiger partial charge in [-0.25, -0.2) is 4.79 Å². The lowest BCUT2D eigenvalue weighted by atomic mass is 10.00. The van der Waals surface area contributed by atoms with E-state index in [0.29, 0.717) is 23.6 Å². The number of carbonyl (C=O) groups is 2. The molecule has 0 saturated carbocycles. The normalized spacial score (nSPS) is 18.7. The van der Waals surface area contributed by atoms with Crippen molar-refractivity contribution in [3.8, 4) is 0 Å². The summed E-state index contributed by atoms with van der Waals surface area (Å²) >= 11 is 6.02. The van der Waals surface area contributed by atoms with Crippen LogP contribution in [0.1, 0.15) is 56.0 Å². The van der Waals surface area contributed by atoms with Gasteiger partial charge in [-0.05, 0) is 70.7 Å². The monoisotopic (exact) mass is 337 g/mol. The van der Waals surface area contributed by atoms with E-state index >= 15 is 0 Å². The molecule has 1 fully saturated rings. The van der Waals surface area contributed by atoms with E-state index in [-0.39, 0.29) is 11.9 Å². The number of hydrogen-bond acceptors (Lipinski definition) is 3. The van der Waals surface area contributed by atoms with Crippen molar-refractivity contribution < 1.29 is 14.3 Å². The number of rotatable bonds is 2. The molecule has 1 aliphatic heterocycles. The number of piperidine rings is 1. The number of carbonyl (C=O) groups excluding carboxylic acids is 2. The van der Waals surface area contributed by atoms with Crippen molar-refractivity contribution in [1.29, 1.82) is 0 Å². The molecule has 1 aromatic rings. The molecule has 0 aromatic heterocycles. The number of likely N-dealkylation sites (tertiary alicyclic amines) is 1. The van der Waals surface area contributed by atoms with Gasteiger partial charge in [-0.2, -0.15) is 0 Å². The van der Waals surface area contributed by atoms with Gasteiger partial charge < -0.3 is 9.64 Å². The predicted octanol–water partition coefficient (Wildman–Crippen LogP) is 3.98. The number of halogens is 1. The zero-order valence-electron chi connectivity index (χ0n) is 14.2. The Morgan fingerprint density at radius 2 is 1.96 bits per heavy atom. The first-order valence-electron chi connectivity index (χ1n) is 7.99. The summed E-state index contributed by atoms with van der Waals surface area (Å²) in [7, 11) is 0. The number of benzene rings is 1. The Hall–Kier alpha value is -1.55. The molecule has 1 aromatic carbocycles. The fourth-order valence-corrected chi connectivity index (χ4v) is 2.85. The third-order valence-electron chi connectivity index (χ3n) is 3.85. The number of amides is 1. The second-order valence-corrected chi connectivity index (χ2v) is 7.41. The molecule has 1 aliphatic rings. The molecule has 5 heteroatoms. The van der Waals surface area contributed by atoms with E-state index in [0.717, 1.165) is 18.4 Å². The molecule has 0 spiro atoms. The van der Waals surface area contributed by atoms with Crippen molar-refractivity contribution in [2.45, 2.75) is 58.6 Å². The number of esters is 1. The molecule has 0 N–H and O–H groups in total. The fraction of sp³-hybridized carbons (Fsp3) is 0.556. The number of ether oxygens (including phenoxy) is 1. The molecule has 23 heavy (non-hydrogen) atoms. The first kappa shape index (κ1) is 17.8. The van der Waals surface area contributed by atoms with Gasteiger partial charge in [-0.3, -0.25) is 4.79 Å². The molecule has 126 valence electrons. The highest BCUT2D eigenvalue weighted by atomic mass is 35.5. The van der Waals surface area contributed by atoms with Crippen LogP contribution >= 0.6 is 11.6 Å². The van der Waals surface area contributed by atoms with E-state index in [9.17, 15) is 9.59 Å². The Bertz CT molecular complexity index is 607. The van der Waals surface area contributed by atoms with Gasteiger partial charge in [0, 0.05) is 17.1 Å². The molecule has 1 amide bonds. The zero-order valence-corrected chi connectivity index (χ0v) is 14.9. The average Bonchev–Trinajstić information content (AvgIpc) is 2.47. The van der Waals surface area contributed by atoms with Gasteiger partial charge in [-0.1, -0.05) is 11.6 Å². The van der Waals surface area contributed by atoms with Crippen LogP contribution in [0.15, 0.2) is 18.2 Å². The number of hydrogen-bond donors (Lipinski definition) is 0. The van der Waals surface area contributed by atoms with Crippen molar-refractivity contribution in [3.63, 3.8) is 0 Å². The van der Waals surface area contributed by atoms with Crippen molar-refractivity contribution >= 4 is 23.5 Å². The van der Waals surface area contributed by atoms with Crippen LogP contribution in [0.25, 0.3) is 0 Å². The van der Waals surface area contributed by atoms with Gasteiger partial charge in [0.15, 0.2) is 0 Å². The van der Waals surface area contributed by atoms with E-state index in [2.05, 4.69) is 0 Å². The Morgan fingerprint density at radius 1 is 1.26 bits per heavy atom. The SMILES string of the molecule is Cc1cc(C(=O)N2CCCC[C@@H]2C(=O)OC(C)(C)C)ccc1Cl. The summed E-state index contributed by atoms with van der Waals surface area (Å²) in [5.41, 5.74) is 0.853. The number of aryl methyl sites for hydroxylation is 1. The van der Waals surface area contributed by atoms with Crippen molar-refractivity contribution in [1.82, 2.24) is 4.90 Å². The van der Waals surface area contributed by atoms with Crippen LogP contribution in [0.2, 0.25) is 5.02 Å². The summed E-state index contributed by atoms with van der Waals surface area (Å²) in [6.07, 6.45) is 2.47. The van der Waals surface area contributed by atoms with Crippen molar-refractivity contribution in [2.75, 3.05) is 6.54 Å². The maximum absolute atomic E-state index is 12.8. The summed E-state index contributed by atoms with van der Waals surface area (Å²) in [4.78, 5) is 26.9. The second-order valence-electron chi connectivity index (χ2n) is 7.01. The van der Waals surface area contributed by atoms with Crippen LogP contribution in [-0.4, -0.2) is 35.0 Å². The van der Waals surface area contributed by atoms with E-state index in [4.69, 9.17) is 16.3 Å². The van der Waals surface area contributed by atoms with Crippen LogP contribution in [0.4, 0.5) is 0 Å². The standard InChI is InChI=1S/C18H24ClNO3/c1-12-11-13(8-9-14(12)19)16(21)20-10-6-5-7-15(20)17(22)23-18(2,3)4/h8-9,11,15H,5-7,10H2,1-4H3/t15-/m1/s1. The Labute approximate surface area is 142 Å². The smallest absolute Gasteiger partial charge is 0.329 e. The van der Waals surface area contributed by atoms with Crippen molar-refractivity contribution in [2.24, 2.45) is 0 Å². The van der Waals surface area contributed by atoms with Gasteiger partial charge in [0.05, 0.1) is 0 Å². The lowest BCUT2D eigenvalue weighted by Crippen LogP contribution is -2.50. The molecule has 0 aliphatic carbocycles. The minimum absolute atomic E-state index is 0.139. The first-order chi connectivity index (χ1) is 10.7. The van der Waals surface area contributed by atoms with Gasteiger partial charge in [-0.15, -0.1) is 0 Å². The highest BCUT2D eigenvalue weighted by molar-refractivity contribution is 6.31. The molecule has 1 heterocycles. The van der Waals surface area contributed by atoms with Gasteiger partial charge >= 0.3 is 5.97 Å². The largest absolute Gasteiger partial charge is 0.458 e. The Kier molecular flexibility index (Phi) is 5.35. The molecule has 2 rings (SSSR count). The fourth-order valence-electron chi connectivity index (χ4n) is 2.73. The topological polar surface area (TPSA) is 46.6 Å². The van der Waals surface area contributed by atoms with E-state index < -0.39 is 11.6 Å². The predicted molar refractivity (Wildman–Crippen MR) is 90.7 cm³/mol. The Balaban J connectivity index is 2.21. The average molecular weight is 338 g/mol. The summed E-state index contributed by atoms with van der Waals surface area (Å²) in [6, 6.07) is 4.69. The van der Waals surface area contributed by atoms with Crippen LogP contribution in [0.5, 0.6) is 0 Å². The zero-order chi connectivity index (χ0) is 17.2. The van der Waals surface area contributed by atoms with Crippen LogP contribution < -0.4 is 0 Å². The van der Waals surface area contributed by atoms with Crippen molar-refractivity contribution in [3.05, 3.63) is 34.3 Å². The minimum atomic E-state index is -0.555. The summed E-state index contributed by atoms with van der Waals surface area (Å²) in [5.74, 6) is -0.462. The summed E-state index contributed by atoms with van der Waals surface area (Å²) in [5, 5.41) is 0.629. The molecule has 0 radical (unpaired) electrons. The molecular weight excluding hydrogens is 314 g/mol. The van der Waals surface area contributed by atoms with E-state index in [1.807, 2.05) is 27.7 Å². The maximum Gasteiger partial charge on any atom is 0.329 e. The van der Waals surface area contributed by atoms with Gasteiger partial charge in [0.1, 0.15) is 11.6 Å². The molecule has 1 atom stereocenters. The van der Waals surface area contributed by atoms with E-state index in [1.54, 1.807) is 23.1 Å². The molecule has 0 unspecified atom stereocenters. The quantitative estimate of drug-likeness (QED) is 0.767. The highest BCUT2D eigenvalue weighted by Crippen LogP contribution is 2.24. The van der Waals surface area contributed by atoms with Gasteiger partial charge in [0.2, 0.25) is 0 Å². The molecule has 4 nitrogen and oxygen atoms in total. The van der Waals surface area contributed by atoms with E-state index in [1.165, 1.54) is 0 Å².